The zero-order chi connectivity index (χ0) is 14.7. The molecule has 1 aromatic rings. The monoisotopic (exact) mass is 311 g/mol. The number of rotatable bonds is 3. The van der Waals surface area contributed by atoms with Gasteiger partial charge in [-0.1, -0.05) is 36.9 Å². The van der Waals surface area contributed by atoms with E-state index < -0.39 is 0 Å². The summed E-state index contributed by atoms with van der Waals surface area (Å²) >= 11 is 5.83. The maximum atomic E-state index is 13.2. The van der Waals surface area contributed by atoms with Gasteiger partial charge in [-0.15, -0.1) is 0 Å². The Balaban J connectivity index is 1.56. The highest BCUT2D eigenvalue weighted by Crippen LogP contribution is 2.38. The summed E-state index contributed by atoms with van der Waals surface area (Å²) in [6.07, 6.45) is 8.48. The van der Waals surface area contributed by atoms with Crippen LogP contribution in [0.5, 0.6) is 0 Å². The van der Waals surface area contributed by atoms with E-state index in [1.54, 1.807) is 12.1 Å². The van der Waals surface area contributed by atoms with Gasteiger partial charge in [0.2, 0.25) is 0 Å². The molecule has 2 fully saturated rings. The van der Waals surface area contributed by atoms with Crippen LogP contribution >= 0.6 is 11.6 Å². The lowest BCUT2D eigenvalue weighted by Crippen LogP contribution is -2.47. The van der Waals surface area contributed by atoms with E-state index in [1.807, 2.05) is 0 Å². The smallest absolute Gasteiger partial charge is 0.141 e. The van der Waals surface area contributed by atoms with Gasteiger partial charge in [0, 0.05) is 19.2 Å². The molecule has 116 valence electrons. The topological polar surface area (TPSA) is 21.3 Å². The highest BCUT2D eigenvalue weighted by atomic mass is 35.5. The van der Waals surface area contributed by atoms with Crippen LogP contribution in [0.2, 0.25) is 5.02 Å². The molecule has 0 radical (unpaired) electrons. The fourth-order valence-corrected chi connectivity index (χ4v) is 3.86. The summed E-state index contributed by atoms with van der Waals surface area (Å²) < 4.78 is 19.3. The van der Waals surface area contributed by atoms with Crippen LogP contribution in [0.3, 0.4) is 0 Å². The van der Waals surface area contributed by atoms with Crippen LogP contribution in [0.1, 0.15) is 50.5 Å². The fourth-order valence-electron chi connectivity index (χ4n) is 3.66. The van der Waals surface area contributed by atoms with E-state index in [1.165, 1.54) is 38.2 Å². The highest BCUT2D eigenvalue weighted by molar-refractivity contribution is 6.30. The van der Waals surface area contributed by atoms with E-state index in [4.69, 9.17) is 16.3 Å². The van der Waals surface area contributed by atoms with Crippen LogP contribution in [0, 0.1) is 5.82 Å². The first-order valence-electron chi connectivity index (χ1n) is 7.98. The van der Waals surface area contributed by atoms with Gasteiger partial charge in [-0.2, -0.15) is 0 Å². The van der Waals surface area contributed by atoms with Gasteiger partial charge in [0.05, 0.1) is 10.6 Å². The van der Waals surface area contributed by atoms with Crippen molar-refractivity contribution in [2.75, 3.05) is 6.61 Å². The van der Waals surface area contributed by atoms with Crippen LogP contribution in [-0.2, 0) is 11.3 Å². The Morgan fingerprint density at radius 1 is 1.29 bits per heavy atom. The van der Waals surface area contributed by atoms with Crippen LogP contribution in [-0.4, -0.2) is 18.2 Å². The average Bonchev–Trinajstić information content (AvgIpc) is 2.49. The summed E-state index contributed by atoms with van der Waals surface area (Å²) in [5.41, 5.74) is 1.15. The van der Waals surface area contributed by atoms with Crippen molar-refractivity contribution in [3.63, 3.8) is 0 Å². The second-order valence-corrected chi connectivity index (χ2v) is 6.82. The molecular weight excluding hydrogens is 289 g/mol. The van der Waals surface area contributed by atoms with Crippen molar-refractivity contribution in [2.45, 2.75) is 63.1 Å². The number of halogens is 2. The van der Waals surface area contributed by atoms with Crippen molar-refractivity contribution in [1.82, 2.24) is 5.32 Å². The lowest BCUT2D eigenvalue weighted by molar-refractivity contribution is -0.109. The lowest BCUT2D eigenvalue weighted by Gasteiger charge is -2.43. The Hall–Kier alpha value is -0.640. The first-order valence-corrected chi connectivity index (χ1v) is 8.36. The van der Waals surface area contributed by atoms with Gasteiger partial charge in [0.25, 0.3) is 0 Å². The van der Waals surface area contributed by atoms with E-state index in [-0.39, 0.29) is 16.4 Å². The minimum Gasteiger partial charge on any atom is -0.375 e. The minimum atomic E-state index is -0.354. The largest absolute Gasteiger partial charge is 0.375 e. The number of nitrogens with one attached hydrogen (secondary N) is 1. The number of hydrogen-bond acceptors (Lipinski definition) is 2. The van der Waals surface area contributed by atoms with Crippen molar-refractivity contribution in [3.05, 3.63) is 34.6 Å². The molecule has 1 saturated heterocycles. The number of hydrogen-bond donors (Lipinski definition) is 1. The molecule has 0 amide bonds. The predicted molar refractivity (Wildman–Crippen MR) is 83.0 cm³/mol. The molecule has 1 unspecified atom stereocenters. The molecule has 3 rings (SSSR count). The van der Waals surface area contributed by atoms with E-state index in [2.05, 4.69) is 5.32 Å². The molecule has 0 bridgehead atoms. The van der Waals surface area contributed by atoms with Crippen molar-refractivity contribution >= 4 is 11.6 Å². The molecule has 1 heterocycles. The summed E-state index contributed by atoms with van der Waals surface area (Å²) in [5, 5.41) is 3.79. The number of benzene rings is 1. The summed E-state index contributed by atoms with van der Waals surface area (Å²) in [6.45, 7) is 1.59. The van der Waals surface area contributed by atoms with Gasteiger partial charge in [-0.25, -0.2) is 4.39 Å². The molecule has 4 heteroatoms. The van der Waals surface area contributed by atoms with E-state index in [0.717, 1.165) is 31.6 Å². The normalized spacial score (nSPS) is 25.1. The summed E-state index contributed by atoms with van der Waals surface area (Å²) in [6, 6.07) is 5.43. The maximum Gasteiger partial charge on any atom is 0.141 e. The Morgan fingerprint density at radius 3 is 2.86 bits per heavy atom. The Labute approximate surface area is 131 Å². The van der Waals surface area contributed by atoms with E-state index in [0.29, 0.717) is 6.04 Å². The van der Waals surface area contributed by atoms with E-state index in [9.17, 15) is 4.39 Å². The molecule has 1 aliphatic carbocycles. The zero-order valence-electron chi connectivity index (χ0n) is 12.3. The third kappa shape index (κ3) is 3.77. The average molecular weight is 312 g/mol. The zero-order valence-corrected chi connectivity index (χ0v) is 13.1. The molecule has 1 N–H and O–H groups in total. The summed E-state index contributed by atoms with van der Waals surface area (Å²) in [4.78, 5) is 0. The molecule has 1 saturated carbocycles. The van der Waals surface area contributed by atoms with Gasteiger partial charge in [0.15, 0.2) is 0 Å². The second kappa shape index (κ2) is 6.64. The van der Waals surface area contributed by atoms with Crippen molar-refractivity contribution in [3.8, 4) is 0 Å². The van der Waals surface area contributed by atoms with Crippen molar-refractivity contribution < 1.29 is 9.13 Å². The molecule has 2 nitrogen and oxygen atoms in total. The molecule has 2 aliphatic rings. The predicted octanol–water partition coefficient (Wildman–Crippen LogP) is 4.45. The second-order valence-electron chi connectivity index (χ2n) is 6.41. The van der Waals surface area contributed by atoms with Crippen LogP contribution < -0.4 is 5.32 Å². The third-order valence-electron chi connectivity index (χ3n) is 4.84. The van der Waals surface area contributed by atoms with Gasteiger partial charge >= 0.3 is 0 Å². The molecule has 1 aromatic carbocycles. The van der Waals surface area contributed by atoms with Crippen molar-refractivity contribution in [1.29, 1.82) is 0 Å². The minimum absolute atomic E-state index is 0.120. The van der Waals surface area contributed by atoms with Gasteiger partial charge < -0.3 is 10.1 Å². The Morgan fingerprint density at radius 2 is 2.10 bits per heavy atom. The first-order chi connectivity index (χ1) is 10.2. The maximum absolute atomic E-state index is 13.2. The standard InChI is InChI=1S/C17H23ClFNO/c18-15-10-13(4-5-16(15)19)12-20-14-6-9-21-17(11-14)7-2-1-3-8-17/h4-5,10,14,20H,1-3,6-9,11-12H2. The molecule has 0 aromatic heterocycles. The summed E-state index contributed by atoms with van der Waals surface area (Å²) in [5.74, 6) is -0.354. The Bertz CT molecular complexity index is 482. The van der Waals surface area contributed by atoms with Crippen LogP contribution in [0.25, 0.3) is 0 Å². The Kier molecular flexibility index (Phi) is 4.82. The van der Waals surface area contributed by atoms with Crippen LogP contribution in [0.15, 0.2) is 18.2 Å². The lowest BCUT2D eigenvalue weighted by atomic mass is 9.78. The SMILES string of the molecule is Fc1ccc(CNC2CCOC3(CCCCC3)C2)cc1Cl. The first kappa shape index (κ1) is 15.3. The molecule has 1 atom stereocenters. The highest BCUT2D eigenvalue weighted by Gasteiger charge is 2.38. The van der Waals surface area contributed by atoms with Gasteiger partial charge in [-0.05, 0) is 43.4 Å². The fraction of sp³-hybridized carbons (Fsp3) is 0.647. The number of ether oxygens (including phenoxy) is 1. The van der Waals surface area contributed by atoms with Gasteiger partial charge in [-0.3, -0.25) is 0 Å². The molecule has 1 spiro atoms. The van der Waals surface area contributed by atoms with Crippen LogP contribution in [0.4, 0.5) is 4.39 Å². The van der Waals surface area contributed by atoms with Crippen molar-refractivity contribution in [2.24, 2.45) is 0 Å². The molecular formula is C17H23ClFNO. The quantitative estimate of drug-likeness (QED) is 0.890. The molecule has 1 aliphatic heterocycles. The third-order valence-corrected chi connectivity index (χ3v) is 5.13. The van der Waals surface area contributed by atoms with E-state index >= 15 is 0 Å². The molecule has 21 heavy (non-hydrogen) atoms. The van der Waals surface area contributed by atoms with Gasteiger partial charge in [0.1, 0.15) is 5.82 Å². The summed E-state index contributed by atoms with van der Waals surface area (Å²) in [7, 11) is 0.